The summed E-state index contributed by atoms with van der Waals surface area (Å²) in [6, 6.07) is 26.2. The first-order valence-corrected chi connectivity index (χ1v) is 15.0. The summed E-state index contributed by atoms with van der Waals surface area (Å²) in [5.41, 5.74) is 5.05. The van der Waals surface area contributed by atoms with E-state index in [1.807, 2.05) is 48.5 Å². The Morgan fingerprint density at radius 1 is 0.778 bits per heavy atom. The molecule has 7 nitrogen and oxygen atoms in total. The van der Waals surface area contributed by atoms with Crippen molar-refractivity contribution in [2.75, 3.05) is 6.26 Å². The standard InChI is InChI=1S/C29H24F3N3O2S.C2HF3O2/c1-38(36,37)25-13-4-20(5-14-25)18-33-17-19-2-6-21(7-3-19)22-8-10-23(11-9-22)28-34-26-15-12-24(29(30,31)32)16-27(26)35-28;3-2(4,5)1(6)7/h2-16,33H,17-18H2,1H3,(H,34,35);(H,6,7). The Bertz CT molecular complexity index is 1880. The van der Waals surface area contributed by atoms with Gasteiger partial charge < -0.3 is 15.4 Å². The van der Waals surface area contributed by atoms with Gasteiger partial charge in [-0.2, -0.15) is 26.3 Å². The second-order valence-electron chi connectivity index (χ2n) is 9.91. The number of H-pyrrole nitrogens is 1. The van der Waals surface area contributed by atoms with Gasteiger partial charge in [-0.15, -0.1) is 0 Å². The van der Waals surface area contributed by atoms with Gasteiger partial charge in [0.2, 0.25) is 0 Å². The molecule has 0 aliphatic heterocycles. The Kier molecular flexibility index (Phi) is 9.68. The molecule has 0 aliphatic rings. The molecule has 0 spiro atoms. The maximum Gasteiger partial charge on any atom is 0.490 e. The highest BCUT2D eigenvalue weighted by molar-refractivity contribution is 7.90. The van der Waals surface area contributed by atoms with Crippen LogP contribution in [-0.4, -0.2) is 41.9 Å². The van der Waals surface area contributed by atoms with Crippen LogP contribution in [0.1, 0.15) is 16.7 Å². The smallest absolute Gasteiger partial charge is 0.475 e. The lowest BCUT2D eigenvalue weighted by molar-refractivity contribution is -0.192. The average molecular weight is 650 g/mol. The van der Waals surface area contributed by atoms with Crippen LogP contribution in [0.15, 0.2) is 95.9 Å². The molecule has 0 saturated heterocycles. The summed E-state index contributed by atoms with van der Waals surface area (Å²) in [7, 11) is -3.20. The molecule has 3 N–H and O–H groups in total. The number of aromatic nitrogens is 2. The fourth-order valence-corrected chi connectivity index (χ4v) is 4.79. The Balaban J connectivity index is 0.000000591. The molecule has 4 aromatic carbocycles. The first-order valence-electron chi connectivity index (χ1n) is 13.1. The topological polar surface area (TPSA) is 112 Å². The molecule has 5 rings (SSSR count). The fourth-order valence-electron chi connectivity index (χ4n) is 4.16. The predicted molar refractivity (Wildman–Crippen MR) is 156 cm³/mol. The van der Waals surface area contributed by atoms with E-state index in [0.29, 0.717) is 34.8 Å². The van der Waals surface area contributed by atoms with Crippen LogP contribution in [-0.2, 0) is 33.9 Å². The van der Waals surface area contributed by atoms with Crippen LogP contribution in [0.2, 0.25) is 0 Å². The van der Waals surface area contributed by atoms with Gasteiger partial charge >= 0.3 is 18.3 Å². The van der Waals surface area contributed by atoms with E-state index in [0.717, 1.165) is 39.9 Å². The van der Waals surface area contributed by atoms with E-state index in [2.05, 4.69) is 15.3 Å². The molecule has 1 heterocycles. The zero-order chi connectivity index (χ0) is 33.0. The quantitative estimate of drug-likeness (QED) is 0.160. The summed E-state index contributed by atoms with van der Waals surface area (Å²) in [5, 5.41) is 10.5. The van der Waals surface area contributed by atoms with Crippen LogP contribution in [0.25, 0.3) is 33.5 Å². The number of rotatable bonds is 7. The highest BCUT2D eigenvalue weighted by Crippen LogP contribution is 2.32. The van der Waals surface area contributed by atoms with E-state index in [4.69, 9.17) is 9.90 Å². The van der Waals surface area contributed by atoms with Crippen molar-refractivity contribution in [3.05, 3.63) is 108 Å². The molecule has 5 aromatic rings. The van der Waals surface area contributed by atoms with Gasteiger partial charge in [0.1, 0.15) is 5.82 Å². The number of carboxylic acids is 1. The number of hydrogen-bond donors (Lipinski definition) is 3. The number of nitrogens with one attached hydrogen (secondary N) is 2. The molecule has 236 valence electrons. The lowest BCUT2D eigenvalue weighted by atomic mass is 10.0. The Morgan fingerprint density at radius 3 is 1.71 bits per heavy atom. The molecule has 0 saturated carbocycles. The Morgan fingerprint density at radius 2 is 1.24 bits per heavy atom. The lowest BCUT2D eigenvalue weighted by Crippen LogP contribution is -2.21. The first kappa shape index (κ1) is 33.2. The summed E-state index contributed by atoms with van der Waals surface area (Å²) in [4.78, 5) is 16.6. The number of aromatic amines is 1. The lowest BCUT2D eigenvalue weighted by Gasteiger charge is -2.08. The van der Waals surface area contributed by atoms with Crippen molar-refractivity contribution < 1.29 is 44.7 Å². The minimum atomic E-state index is -5.08. The van der Waals surface area contributed by atoms with Gasteiger partial charge in [-0.05, 0) is 52.6 Å². The van der Waals surface area contributed by atoms with Crippen LogP contribution in [0.5, 0.6) is 0 Å². The minimum absolute atomic E-state index is 0.307. The zero-order valence-electron chi connectivity index (χ0n) is 23.4. The summed E-state index contributed by atoms with van der Waals surface area (Å²) in [6.07, 6.45) is -8.29. The maximum absolute atomic E-state index is 13.0. The number of fused-ring (bicyclic) bond motifs is 1. The van der Waals surface area contributed by atoms with Gasteiger partial charge in [0.15, 0.2) is 9.84 Å². The van der Waals surface area contributed by atoms with Crippen LogP contribution < -0.4 is 5.32 Å². The van der Waals surface area contributed by atoms with E-state index >= 15 is 0 Å². The molecule has 0 radical (unpaired) electrons. The largest absolute Gasteiger partial charge is 0.490 e. The summed E-state index contributed by atoms with van der Waals surface area (Å²) >= 11 is 0. The van der Waals surface area contributed by atoms with Crippen molar-refractivity contribution in [2.24, 2.45) is 0 Å². The molecule has 0 atom stereocenters. The number of halogens is 6. The zero-order valence-corrected chi connectivity index (χ0v) is 24.2. The van der Waals surface area contributed by atoms with Crippen molar-refractivity contribution in [1.29, 1.82) is 0 Å². The number of sulfone groups is 1. The Labute approximate surface area is 253 Å². The SMILES string of the molecule is CS(=O)(=O)c1ccc(CNCc2ccc(-c3ccc(-c4nc5ccc(C(F)(F)F)cc5[nH]4)cc3)cc2)cc1.O=C(O)C(F)(F)F. The number of aliphatic carboxylic acids is 1. The molecule has 0 aliphatic carbocycles. The molecule has 0 fully saturated rings. The fraction of sp³-hybridized carbons (Fsp3) is 0.161. The van der Waals surface area contributed by atoms with E-state index in [9.17, 15) is 34.8 Å². The van der Waals surface area contributed by atoms with Gasteiger partial charge in [-0.3, -0.25) is 0 Å². The molecule has 14 heteroatoms. The number of nitrogens with zero attached hydrogens (tertiary/aromatic N) is 1. The second-order valence-corrected chi connectivity index (χ2v) is 11.9. The monoisotopic (exact) mass is 649 g/mol. The maximum atomic E-state index is 13.0. The highest BCUT2D eigenvalue weighted by Gasteiger charge is 2.38. The summed E-state index contributed by atoms with van der Waals surface area (Å²) in [5.74, 6) is -2.24. The minimum Gasteiger partial charge on any atom is -0.475 e. The molecule has 45 heavy (non-hydrogen) atoms. The van der Waals surface area contributed by atoms with Crippen molar-refractivity contribution in [2.45, 2.75) is 30.3 Å². The van der Waals surface area contributed by atoms with Gasteiger partial charge in [0.25, 0.3) is 0 Å². The third-order valence-corrected chi connectivity index (χ3v) is 7.64. The van der Waals surface area contributed by atoms with Crippen molar-refractivity contribution in [3.8, 4) is 22.5 Å². The third kappa shape index (κ3) is 8.92. The van der Waals surface area contributed by atoms with Gasteiger partial charge in [-0.25, -0.2) is 18.2 Å². The molecular formula is C31H25F6N3O4S. The second kappa shape index (κ2) is 13.1. The molecule has 0 amide bonds. The normalized spacial score (nSPS) is 12.1. The molecule has 1 aromatic heterocycles. The van der Waals surface area contributed by atoms with Crippen LogP contribution in [0, 0.1) is 0 Å². The Hall–Kier alpha value is -4.69. The average Bonchev–Trinajstić information content (AvgIpc) is 3.41. The molecular weight excluding hydrogens is 624 g/mol. The van der Waals surface area contributed by atoms with Crippen LogP contribution in [0.4, 0.5) is 26.3 Å². The van der Waals surface area contributed by atoms with Gasteiger partial charge in [-0.1, -0.05) is 60.7 Å². The number of carbonyl (C=O) groups is 1. The van der Waals surface area contributed by atoms with Crippen LogP contribution >= 0.6 is 0 Å². The predicted octanol–water partition coefficient (Wildman–Crippen LogP) is 7.24. The summed E-state index contributed by atoms with van der Waals surface area (Å²) in [6.45, 7) is 1.28. The van der Waals surface area contributed by atoms with Crippen molar-refractivity contribution in [1.82, 2.24) is 15.3 Å². The first-order chi connectivity index (χ1) is 21.0. The number of alkyl halides is 6. The number of carboxylic acid groups (broad SMARTS) is 1. The number of hydrogen-bond acceptors (Lipinski definition) is 5. The molecule has 0 bridgehead atoms. The van der Waals surface area contributed by atoms with E-state index < -0.39 is 33.7 Å². The van der Waals surface area contributed by atoms with Crippen LogP contribution in [0.3, 0.4) is 0 Å². The highest BCUT2D eigenvalue weighted by atomic mass is 32.2. The van der Waals surface area contributed by atoms with Crippen molar-refractivity contribution >= 4 is 26.8 Å². The van der Waals surface area contributed by atoms with Gasteiger partial charge in [0.05, 0.1) is 21.5 Å². The number of benzene rings is 4. The third-order valence-electron chi connectivity index (χ3n) is 6.51. The van der Waals surface area contributed by atoms with E-state index in [1.54, 1.807) is 24.3 Å². The van der Waals surface area contributed by atoms with Crippen molar-refractivity contribution in [3.63, 3.8) is 0 Å². The molecule has 0 unspecified atom stereocenters. The number of imidazole rings is 1. The van der Waals surface area contributed by atoms with E-state index in [-0.39, 0.29) is 0 Å². The van der Waals surface area contributed by atoms with E-state index in [1.165, 1.54) is 12.3 Å². The van der Waals surface area contributed by atoms with Gasteiger partial charge in [0, 0.05) is 24.9 Å². The summed E-state index contributed by atoms with van der Waals surface area (Å²) < 4.78 is 93.9.